The van der Waals surface area contributed by atoms with Gasteiger partial charge < -0.3 is 10.1 Å². The molecule has 0 aliphatic heterocycles. The molecule has 0 fully saturated rings. The summed E-state index contributed by atoms with van der Waals surface area (Å²) in [6.07, 6.45) is 1.71. The summed E-state index contributed by atoms with van der Waals surface area (Å²) in [5.41, 5.74) is 2.10. The number of rotatable bonds is 5. The van der Waals surface area contributed by atoms with E-state index in [1.807, 2.05) is 38.1 Å². The minimum atomic E-state index is -0.405. The van der Waals surface area contributed by atoms with E-state index < -0.39 is 12.2 Å². The highest BCUT2D eigenvalue weighted by atomic mass is 16.6. The van der Waals surface area contributed by atoms with Crippen LogP contribution >= 0.6 is 0 Å². The average molecular weight is 233 g/mol. The van der Waals surface area contributed by atoms with Crippen LogP contribution in [0.1, 0.15) is 30.6 Å². The Labute approximate surface area is 102 Å². The third-order valence-electron chi connectivity index (χ3n) is 2.37. The summed E-state index contributed by atoms with van der Waals surface area (Å²) in [7, 11) is 0. The number of alkyl carbamates (subject to hydrolysis) is 1. The van der Waals surface area contributed by atoms with E-state index in [2.05, 4.69) is 11.9 Å². The molecule has 0 saturated heterocycles. The molecule has 0 heterocycles. The predicted octanol–water partition coefficient (Wildman–Crippen LogP) is 3.36. The monoisotopic (exact) mass is 233 g/mol. The van der Waals surface area contributed by atoms with Crippen molar-refractivity contribution in [1.82, 2.24) is 5.32 Å². The molecule has 3 heteroatoms. The van der Waals surface area contributed by atoms with Gasteiger partial charge in [-0.15, -0.1) is 0 Å². The van der Waals surface area contributed by atoms with Gasteiger partial charge in [0.1, 0.15) is 6.10 Å². The molecule has 1 amide bonds. The molecule has 1 N–H and O–H groups in total. The third-order valence-corrected chi connectivity index (χ3v) is 2.37. The highest BCUT2D eigenvalue weighted by Gasteiger charge is 2.12. The molecule has 0 aromatic heterocycles. The van der Waals surface area contributed by atoms with Crippen LogP contribution in [0.2, 0.25) is 0 Å². The third kappa shape index (κ3) is 4.31. The summed E-state index contributed by atoms with van der Waals surface area (Å²) in [6, 6.07) is 7.85. The molecule has 1 unspecified atom stereocenters. The average Bonchev–Trinajstić information content (AvgIpc) is 2.34. The summed E-state index contributed by atoms with van der Waals surface area (Å²) in [4.78, 5) is 11.4. The van der Waals surface area contributed by atoms with Crippen molar-refractivity contribution in [2.24, 2.45) is 0 Å². The Morgan fingerprint density at radius 1 is 1.47 bits per heavy atom. The molecule has 3 nitrogen and oxygen atoms in total. The number of ether oxygens (including phenoxy) is 1. The van der Waals surface area contributed by atoms with Crippen LogP contribution in [0.3, 0.4) is 0 Å². The molecular formula is C14H19NO2. The predicted molar refractivity (Wildman–Crippen MR) is 68.9 cm³/mol. The number of amides is 1. The minimum Gasteiger partial charge on any atom is -0.437 e. The topological polar surface area (TPSA) is 38.3 Å². The number of carbonyl (C=O) groups excluding carboxylic acids is 1. The zero-order valence-electron chi connectivity index (χ0n) is 10.4. The maximum atomic E-state index is 11.4. The van der Waals surface area contributed by atoms with Gasteiger partial charge in [-0.1, -0.05) is 43.3 Å². The molecule has 17 heavy (non-hydrogen) atoms. The number of aryl methyl sites for hydroxylation is 1. The SMILES string of the molecule is C=CC(OC(=O)NCCC)c1ccc(C)cc1. The first-order chi connectivity index (χ1) is 8.17. The van der Waals surface area contributed by atoms with Gasteiger partial charge in [0.25, 0.3) is 0 Å². The van der Waals surface area contributed by atoms with Gasteiger partial charge in [-0.2, -0.15) is 0 Å². The number of nitrogens with one attached hydrogen (secondary N) is 1. The maximum Gasteiger partial charge on any atom is 0.408 e. The van der Waals surface area contributed by atoms with E-state index in [4.69, 9.17) is 4.74 Å². The Hall–Kier alpha value is -1.77. The number of hydrogen-bond donors (Lipinski definition) is 1. The van der Waals surface area contributed by atoms with Crippen LogP contribution in [-0.2, 0) is 4.74 Å². The van der Waals surface area contributed by atoms with Gasteiger partial charge in [-0.25, -0.2) is 4.79 Å². The first kappa shape index (κ1) is 13.3. The van der Waals surface area contributed by atoms with Gasteiger partial charge in [0.2, 0.25) is 0 Å². The van der Waals surface area contributed by atoms with Crippen LogP contribution in [-0.4, -0.2) is 12.6 Å². The van der Waals surface area contributed by atoms with Gasteiger partial charge >= 0.3 is 6.09 Å². The lowest BCUT2D eigenvalue weighted by Gasteiger charge is -2.15. The minimum absolute atomic E-state index is 0.396. The van der Waals surface area contributed by atoms with Crippen molar-refractivity contribution in [3.05, 3.63) is 48.0 Å². The van der Waals surface area contributed by atoms with E-state index in [-0.39, 0.29) is 0 Å². The lowest BCUT2D eigenvalue weighted by molar-refractivity contribution is 0.120. The summed E-state index contributed by atoms with van der Waals surface area (Å²) < 4.78 is 5.26. The van der Waals surface area contributed by atoms with Gasteiger partial charge in [0.15, 0.2) is 0 Å². The standard InChI is InChI=1S/C14H19NO2/c1-4-10-15-14(16)17-13(5-2)12-8-6-11(3)7-9-12/h5-9,13H,2,4,10H2,1,3H3,(H,15,16). The molecule has 0 aliphatic carbocycles. The van der Waals surface area contributed by atoms with Gasteiger partial charge in [-0.3, -0.25) is 0 Å². The van der Waals surface area contributed by atoms with Crippen molar-refractivity contribution in [2.75, 3.05) is 6.54 Å². The van der Waals surface area contributed by atoms with Gasteiger partial charge in [0.05, 0.1) is 0 Å². The Balaban J connectivity index is 2.62. The Morgan fingerprint density at radius 2 is 2.12 bits per heavy atom. The lowest BCUT2D eigenvalue weighted by Crippen LogP contribution is -2.26. The van der Waals surface area contributed by atoms with Crippen molar-refractivity contribution < 1.29 is 9.53 Å². The van der Waals surface area contributed by atoms with Crippen LogP contribution in [0.4, 0.5) is 4.79 Å². The molecule has 1 aromatic rings. The number of benzene rings is 1. The van der Waals surface area contributed by atoms with Gasteiger partial charge in [-0.05, 0) is 25.0 Å². The van der Waals surface area contributed by atoms with E-state index >= 15 is 0 Å². The fraction of sp³-hybridized carbons (Fsp3) is 0.357. The van der Waals surface area contributed by atoms with E-state index in [1.165, 1.54) is 5.56 Å². The van der Waals surface area contributed by atoms with Crippen LogP contribution in [0.25, 0.3) is 0 Å². The molecular weight excluding hydrogens is 214 g/mol. The lowest BCUT2D eigenvalue weighted by atomic mass is 10.1. The fourth-order valence-electron chi connectivity index (χ4n) is 1.39. The Kier molecular flexibility index (Phi) is 5.27. The molecule has 0 bridgehead atoms. The van der Waals surface area contributed by atoms with Crippen molar-refractivity contribution in [3.63, 3.8) is 0 Å². The highest BCUT2D eigenvalue weighted by molar-refractivity contribution is 5.67. The number of carbonyl (C=O) groups is 1. The molecule has 1 rings (SSSR count). The van der Waals surface area contributed by atoms with E-state index in [9.17, 15) is 4.79 Å². The van der Waals surface area contributed by atoms with Crippen LogP contribution in [0.15, 0.2) is 36.9 Å². The van der Waals surface area contributed by atoms with E-state index in [0.29, 0.717) is 6.54 Å². The summed E-state index contributed by atoms with van der Waals surface area (Å²) >= 11 is 0. The van der Waals surface area contributed by atoms with Gasteiger partial charge in [0, 0.05) is 6.54 Å². The molecule has 1 aromatic carbocycles. The molecule has 0 saturated carbocycles. The Morgan fingerprint density at radius 3 is 2.65 bits per heavy atom. The molecule has 0 spiro atoms. The molecule has 0 aliphatic rings. The van der Waals surface area contributed by atoms with Crippen LogP contribution < -0.4 is 5.32 Å². The maximum absolute atomic E-state index is 11.4. The summed E-state index contributed by atoms with van der Waals surface area (Å²) in [5.74, 6) is 0. The second kappa shape index (κ2) is 6.74. The smallest absolute Gasteiger partial charge is 0.408 e. The van der Waals surface area contributed by atoms with Crippen molar-refractivity contribution >= 4 is 6.09 Å². The van der Waals surface area contributed by atoms with Crippen molar-refractivity contribution in [1.29, 1.82) is 0 Å². The first-order valence-electron chi connectivity index (χ1n) is 5.81. The summed E-state index contributed by atoms with van der Waals surface area (Å²) in [6.45, 7) is 8.32. The molecule has 1 atom stereocenters. The largest absolute Gasteiger partial charge is 0.437 e. The normalized spacial score (nSPS) is 11.6. The zero-order chi connectivity index (χ0) is 12.7. The highest BCUT2D eigenvalue weighted by Crippen LogP contribution is 2.18. The zero-order valence-corrected chi connectivity index (χ0v) is 10.4. The van der Waals surface area contributed by atoms with Crippen LogP contribution in [0.5, 0.6) is 0 Å². The quantitative estimate of drug-likeness (QED) is 0.792. The Bertz CT molecular complexity index is 370. The van der Waals surface area contributed by atoms with E-state index in [0.717, 1.165) is 12.0 Å². The second-order valence-electron chi connectivity index (χ2n) is 3.90. The first-order valence-corrected chi connectivity index (χ1v) is 5.81. The molecule has 0 radical (unpaired) electrons. The summed E-state index contributed by atoms with van der Waals surface area (Å²) in [5, 5.41) is 2.67. The fourth-order valence-corrected chi connectivity index (χ4v) is 1.39. The van der Waals surface area contributed by atoms with Crippen LogP contribution in [0, 0.1) is 6.92 Å². The van der Waals surface area contributed by atoms with E-state index in [1.54, 1.807) is 6.08 Å². The molecule has 92 valence electrons. The van der Waals surface area contributed by atoms with Crippen molar-refractivity contribution in [2.45, 2.75) is 26.4 Å². The number of hydrogen-bond acceptors (Lipinski definition) is 2. The second-order valence-corrected chi connectivity index (χ2v) is 3.90. The van der Waals surface area contributed by atoms with Crippen molar-refractivity contribution in [3.8, 4) is 0 Å².